The molecule has 7 heteroatoms. The highest BCUT2D eigenvalue weighted by Gasteiger charge is 2.12. The lowest BCUT2D eigenvalue weighted by atomic mass is 10.1. The van der Waals surface area contributed by atoms with Crippen molar-refractivity contribution in [1.82, 2.24) is 10.3 Å². The fourth-order valence-electron chi connectivity index (χ4n) is 2.33. The van der Waals surface area contributed by atoms with Crippen LogP contribution in [-0.2, 0) is 16.0 Å². The molecule has 0 bridgehead atoms. The molecular weight excluding hydrogens is 348 g/mol. The minimum atomic E-state index is -0.618. The number of rotatable bonds is 9. The molecule has 0 saturated heterocycles. The number of aryl methyl sites for hydroxylation is 1. The summed E-state index contributed by atoms with van der Waals surface area (Å²) in [6.07, 6.45) is 2.95. The second-order valence-electron chi connectivity index (χ2n) is 5.87. The van der Waals surface area contributed by atoms with Crippen LogP contribution in [0.25, 0.3) is 0 Å². The average Bonchev–Trinajstić information content (AvgIpc) is 2.69. The van der Waals surface area contributed by atoms with Gasteiger partial charge >= 0.3 is 5.97 Å². The second-order valence-corrected chi connectivity index (χ2v) is 5.87. The summed E-state index contributed by atoms with van der Waals surface area (Å²) in [5.74, 6) is -0.557. The van der Waals surface area contributed by atoms with Crippen LogP contribution in [0.15, 0.2) is 42.6 Å². The van der Waals surface area contributed by atoms with Crippen LogP contribution in [0.4, 0.5) is 0 Å². The molecule has 0 atom stereocenters. The Morgan fingerprint density at radius 3 is 2.33 bits per heavy atom. The average molecular weight is 370 g/mol. The molecule has 2 rings (SSSR count). The summed E-state index contributed by atoms with van der Waals surface area (Å²) >= 11 is 0. The maximum absolute atomic E-state index is 12.2. The van der Waals surface area contributed by atoms with Crippen molar-refractivity contribution in [2.45, 2.75) is 19.8 Å². The molecule has 1 aromatic heterocycles. The van der Waals surface area contributed by atoms with E-state index in [1.54, 1.807) is 18.2 Å². The summed E-state index contributed by atoms with van der Waals surface area (Å²) in [4.78, 5) is 38.8. The van der Waals surface area contributed by atoms with Gasteiger partial charge in [0, 0.05) is 31.3 Å². The number of carbonyl (C=O) groups excluding carboxylic acids is 3. The molecule has 0 radical (unpaired) electrons. The second kappa shape index (κ2) is 10.1. The zero-order chi connectivity index (χ0) is 19.6. The van der Waals surface area contributed by atoms with Crippen LogP contribution in [0.3, 0.4) is 0 Å². The van der Waals surface area contributed by atoms with Crippen molar-refractivity contribution < 1.29 is 23.9 Å². The number of esters is 1. The summed E-state index contributed by atoms with van der Waals surface area (Å²) in [5.41, 5.74) is 1.79. The van der Waals surface area contributed by atoms with Crippen LogP contribution < -0.4 is 10.1 Å². The molecule has 0 fully saturated rings. The molecule has 0 saturated carbocycles. The maximum Gasteiger partial charge on any atom is 0.340 e. The monoisotopic (exact) mass is 370 g/mol. The zero-order valence-electron chi connectivity index (χ0n) is 15.4. The largest absolute Gasteiger partial charge is 0.481 e. The summed E-state index contributed by atoms with van der Waals surface area (Å²) in [6.45, 7) is 1.76. The molecule has 0 spiro atoms. The smallest absolute Gasteiger partial charge is 0.340 e. The van der Waals surface area contributed by atoms with Gasteiger partial charge < -0.3 is 14.8 Å². The van der Waals surface area contributed by atoms with Gasteiger partial charge in [0.25, 0.3) is 0 Å². The highest BCUT2D eigenvalue weighted by atomic mass is 16.5. The molecule has 0 aliphatic carbocycles. The van der Waals surface area contributed by atoms with Crippen molar-refractivity contribution in [2.24, 2.45) is 0 Å². The lowest BCUT2D eigenvalue weighted by molar-refractivity contribution is -0.118. The Labute approximate surface area is 157 Å². The van der Waals surface area contributed by atoms with Gasteiger partial charge in [-0.05, 0) is 24.5 Å². The van der Waals surface area contributed by atoms with Gasteiger partial charge in [-0.15, -0.1) is 0 Å². The predicted octanol–water partition coefficient (Wildman–Crippen LogP) is 2.20. The maximum atomic E-state index is 12.2. The molecule has 2 aromatic rings. The summed E-state index contributed by atoms with van der Waals surface area (Å²) in [7, 11) is 1.48. The van der Waals surface area contributed by atoms with E-state index in [2.05, 4.69) is 10.3 Å². The number of ketones is 1. The molecule has 27 heavy (non-hydrogen) atoms. The molecule has 1 amide bonds. The number of pyridine rings is 1. The van der Waals surface area contributed by atoms with E-state index >= 15 is 0 Å². The Bertz CT molecular complexity index is 785. The third-order valence-electron chi connectivity index (χ3n) is 3.81. The number of methoxy groups -OCH3 is 1. The molecule has 1 heterocycles. The van der Waals surface area contributed by atoms with Gasteiger partial charge in [-0.1, -0.05) is 24.3 Å². The summed E-state index contributed by atoms with van der Waals surface area (Å²) < 4.78 is 9.96. The predicted molar refractivity (Wildman–Crippen MR) is 98.8 cm³/mol. The number of amides is 1. The molecule has 0 aliphatic heterocycles. The van der Waals surface area contributed by atoms with Crippen LogP contribution in [0.5, 0.6) is 5.88 Å². The van der Waals surface area contributed by atoms with E-state index in [1.165, 1.54) is 26.3 Å². The number of Topliss-reactive ketones (excluding diaryl/α,β-unsaturated/α-hetero) is 1. The SMILES string of the molecule is COc1ccc(C(=O)OCC(=O)c2ccc(CCCNC(C)=O)cc2)cn1. The van der Waals surface area contributed by atoms with Crippen LogP contribution in [0, 0.1) is 0 Å². The van der Waals surface area contributed by atoms with E-state index in [0.29, 0.717) is 18.0 Å². The van der Waals surface area contributed by atoms with E-state index in [1.807, 2.05) is 12.1 Å². The third-order valence-corrected chi connectivity index (χ3v) is 3.81. The first-order chi connectivity index (χ1) is 13.0. The lowest BCUT2D eigenvalue weighted by Crippen LogP contribution is -2.21. The van der Waals surface area contributed by atoms with Gasteiger partial charge in [0.15, 0.2) is 12.4 Å². The van der Waals surface area contributed by atoms with Gasteiger partial charge in [0.1, 0.15) is 0 Å². The first kappa shape index (κ1) is 20.1. The quantitative estimate of drug-likeness (QED) is 0.413. The Morgan fingerprint density at radius 2 is 1.74 bits per heavy atom. The van der Waals surface area contributed by atoms with Gasteiger partial charge in [-0.3, -0.25) is 9.59 Å². The molecule has 0 aliphatic rings. The first-order valence-electron chi connectivity index (χ1n) is 8.53. The minimum Gasteiger partial charge on any atom is -0.481 e. The Kier molecular flexibility index (Phi) is 7.49. The van der Waals surface area contributed by atoms with Crippen molar-refractivity contribution in [1.29, 1.82) is 0 Å². The van der Waals surface area contributed by atoms with Crippen molar-refractivity contribution in [3.8, 4) is 5.88 Å². The number of benzene rings is 1. The zero-order valence-corrected chi connectivity index (χ0v) is 15.4. The topological polar surface area (TPSA) is 94.6 Å². The number of carbonyl (C=O) groups is 3. The number of hydrogen-bond acceptors (Lipinski definition) is 6. The number of ether oxygens (including phenoxy) is 2. The van der Waals surface area contributed by atoms with Crippen LogP contribution in [-0.4, -0.2) is 42.9 Å². The minimum absolute atomic E-state index is 0.0455. The third kappa shape index (κ3) is 6.54. The van der Waals surface area contributed by atoms with Crippen molar-refractivity contribution in [2.75, 3.05) is 20.3 Å². The highest BCUT2D eigenvalue weighted by Crippen LogP contribution is 2.10. The van der Waals surface area contributed by atoms with Crippen molar-refractivity contribution in [3.63, 3.8) is 0 Å². The van der Waals surface area contributed by atoms with E-state index < -0.39 is 5.97 Å². The van der Waals surface area contributed by atoms with Gasteiger partial charge in [-0.25, -0.2) is 9.78 Å². The van der Waals surface area contributed by atoms with E-state index in [9.17, 15) is 14.4 Å². The van der Waals surface area contributed by atoms with Crippen molar-refractivity contribution >= 4 is 17.7 Å². The fourth-order valence-corrected chi connectivity index (χ4v) is 2.33. The molecule has 142 valence electrons. The highest BCUT2D eigenvalue weighted by molar-refractivity contribution is 5.99. The number of nitrogens with zero attached hydrogens (tertiary/aromatic N) is 1. The molecule has 7 nitrogen and oxygen atoms in total. The molecule has 1 aromatic carbocycles. The van der Waals surface area contributed by atoms with Gasteiger partial charge in [-0.2, -0.15) is 0 Å². The van der Waals surface area contributed by atoms with Crippen molar-refractivity contribution in [3.05, 3.63) is 59.3 Å². The Balaban J connectivity index is 1.81. The van der Waals surface area contributed by atoms with E-state index in [-0.39, 0.29) is 23.9 Å². The first-order valence-corrected chi connectivity index (χ1v) is 8.53. The summed E-state index contributed by atoms with van der Waals surface area (Å²) in [5, 5.41) is 2.74. The summed E-state index contributed by atoms with van der Waals surface area (Å²) in [6, 6.07) is 10.2. The molecular formula is C20H22N2O5. The molecule has 0 unspecified atom stereocenters. The van der Waals surface area contributed by atoms with Gasteiger partial charge in [0.2, 0.25) is 11.8 Å². The number of nitrogens with one attached hydrogen (secondary N) is 1. The standard InChI is InChI=1S/C20H22N2O5/c1-14(23)21-11-3-4-15-5-7-16(8-6-15)18(24)13-27-20(25)17-9-10-19(26-2)22-12-17/h5-10,12H,3-4,11,13H2,1-2H3,(H,21,23). The normalized spacial score (nSPS) is 10.1. The Morgan fingerprint density at radius 1 is 1.04 bits per heavy atom. The van der Waals surface area contributed by atoms with Gasteiger partial charge in [0.05, 0.1) is 12.7 Å². The van der Waals surface area contributed by atoms with Crippen LogP contribution >= 0.6 is 0 Å². The molecule has 1 N–H and O–H groups in total. The number of aromatic nitrogens is 1. The fraction of sp³-hybridized carbons (Fsp3) is 0.300. The lowest BCUT2D eigenvalue weighted by Gasteiger charge is -2.06. The van der Waals surface area contributed by atoms with E-state index in [0.717, 1.165) is 18.4 Å². The van der Waals surface area contributed by atoms with Crippen LogP contribution in [0.1, 0.15) is 39.6 Å². The van der Waals surface area contributed by atoms with Crippen LogP contribution in [0.2, 0.25) is 0 Å². The number of hydrogen-bond donors (Lipinski definition) is 1. The van der Waals surface area contributed by atoms with E-state index in [4.69, 9.17) is 9.47 Å². The Hall–Kier alpha value is -3.22.